The average Bonchev–Trinajstić information content (AvgIpc) is 2.94. The van der Waals surface area contributed by atoms with Gasteiger partial charge in [0.2, 0.25) is 0 Å². The number of nitrogens with zero attached hydrogens (tertiary/aromatic N) is 2. The fourth-order valence-corrected chi connectivity index (χ4v) is 1.63. The topological polar surface area (TPSA) is 46.0 Å². The first-order chi connectivity index (χ1) is 6.66. The van der Waals surface area contributed by atoms with Crippen LogP contribution in [0.5, 0.6) is 0 Å². The Morgan fingerprint density at radius 2 is 2.21 bits per heavy atom. The molecule has 0 aromatic carbocycles. The number of hydrogen-bond donors (Lipinski definition) is 1. The molecule has 0 aliphatic heterocycles. The number of rotatable bonds is 3. The molecular formula is C11H16N2O. The normalized spacial score (nSPS) is 18.2. The smallest absolute Gasteiger partial charge is 0.0644 e. The summed E-state index contributed by atoms with van der Waals surface area (Å²) in [6.45, 7) is 3.88. The Labute approximate surface area is 84.2 Å². The molecule has 1 aromatic heterocycles. The summed E-state index contributed by atoms with van der Waals surface area (Å²) in [6.07, 6.45) is 4.54. The summed E-state index contributed by atoms with van der Waals surface area (Å²) in [5.74, 6) is 0.511. The molecule has 0 radical (unpaired) electrons. The van der Waals surface area contributed by atoms with Gasteiger partial charge >= 0.3 is 0 Å². The third-order valence-corrected chi connectivity index (χ3v) is 2.74. The molecule has 0 amide bonds. The first-order valence-electron chi connectivity index (χ1n) is 5.14. The van der Waals surface area contributed by atoms with Gasteiger partial charge in [0.1, 0.15) is 0 Å². The molecule has 1 aromatic rings. The summed E-state index contributed by atoms with van der Waals surface area (Å²) in [5, 5.41) is 9.79. The van der Waals surface area contributed by atoms with E-state index in [9.17, 15) is 5.11 Å². The maximum atomic E-state index is 9.79. The van der Waals surface area contributed by atoms with E-state index in [1.807, 2.05) is 13.8 Å². The highest BCUT2D eigenvalue weighted by Crippen LogP contribution is 2.33. The van der Waals surface area contributed by atoms with E-state index >= 15 is 0 Å². The van der Waals surface area contributed by atoms with Crippen LogP contribution < -0.4 is 0 Å². The van der Waals surface area contributed by atoms with Crippen molar-refractivity contribution in [3.8, 4) is 0 Å². The Morgan fingerprint density at radius 3 is 2.86 bits per heavy atom. The highest BCUT2D eigenvalue weighted by Gasteiger charge is 2.30. The first kappa shape index (κ1) is 9.59. The second-order valence-electron chi connectivity index (χ2n) is 4.15. The zero-order valence-corrected chi connectivity index (χ0v) is 8.70. The third kappa shape index (κ3) is 2.10. The fraction of sp³-hybridized carbons (Fsp3) is 0.636. The molecule has 1 unspecified atom stereocenters. The minimum Gasteiger partial charge on any atom is -0.392 e. The van der Waals surface area contributed by atoms with Gasteiger partial charge in [-0.2, -0.15) is 0 Å². The zero-order chi connectivity index (χ0) is 10.1. The average molecular weight is 192 g/mol. The van der Waals surface area contributed by atoms with Crippen LogP contribution in [-0.2, 0) is 6.42 Å². The molecule has 3 nitrogen and oxygen atoms in total. The molecule has 1 fully saturated rings. The molecule has 1 heterocycles. The summed E-state index contributed by atoms with van der Waals surface area (Å²) in [5.41, 5.74) is 2.81. The minimum atomic E-state index is -0.218. The van der Waals surface area contributed by atoms with Gasteiger partial charge in [-0.05, 0) is 32.6 Å². The predicted octanol–water partition coefficient (Wildman–Crippen LogP) is 1.41. The highest BCUT2D eigenvalue weighted by atomic mass is 16.3. The van der Waals surface area contributed by atoms with E-state index < -0.39 is 0 Å². The lowest BCUT2D eigenvalue weighted by Crippen LogP contribution is -2.15. The van der Waals surface area contributed by atoms with E-state index in [-0.39, 0.29) is 6.10 Å². The minimum absolute atomic E-state index is 0.218. The summed E-state index contributed by atoms with van der Waals surface area (Å²) >= 11 is 0. The van der Waals surface area contributed by atoms with Gasteiger partial charge in [0.25, 0.3) is 0 Å². The number of aliphatic hydroxyl groups is 1. The number of aliphatic hydroxyl groups excluding tert-OH is 1. The zero-order valence-electron chi connectivity index (χ0n) is 8.70. The van der Waals surface area contributed by atoms with E-state index in [1.54, 1.807) is 6.20 Å². The predicted molar refractivity (Wildman–Crippen MR) is 53.9 cm³/mol. The van der Waals surface area contributed by atoms with Gasteiger partial charge in [-0.25, -0.2) is 0 Å². The van der Waals surface area contributed by atoms with Crippen molar-refractivity contribution in [3.63, 3.8) is 0 Å². The lowest BCUT2D eigenvalue weighted by Gasteiger charge is -2.10. The highest BCUT2D eigenvalue weighted by molar-refractivity contribution is 5.13. The van der Waals surface area contributed by atoms with E-state index in [2.05, 4.69) is 9.97 Å². The van der Waals surface area contributed by atoms with Crippen LogP contribution in [0.4, 0.5) is 0 Å². The van der Waals surface area contributed by atoms with E-state index in [4.69, 9.17) is 0 Å². The monoisotopic (exact) mass is 192 g/mol. The van der Waals surface area contributed by atoms with Gasteiger partial charge in [0, 0.05) is 12.6 Å². The molecule has 1 aliphatic rings. The van der Waals surface area contributed by atoms with Gasteiger partial charge in [-0.1, -0.05) is 0 Å². The van der Waals surface area contributed by atoms with Crippen molar-refractivity contribution < 1.29 is 5.11 Å². The third-order valence-electron chi connectivity index (χ3n) is 2.74. The van der Waals surface area contributed by atoms with Crippen molar-refractivity contribution in [1.29, 1.82) is 0 Å². The molecular weight excluding hydrogens is 176 g/mol. The number of aromatic nitrogens is 2. The molecule has 3 heteroatoms. The molecule has 0 bridgehead atoms. The van der Waals surface area contributed by atoms with Crippen LogP contribution in [0.15, 0.2) is 6.20 Å². The Hall–Kier alpha value is -0.960. The second kappa shape index (κ2) is 3.65. The van der Waals surface area contributed by atoms with Crippen molar-refractivity contribution in [1.82, 2.24) is 9.97 Å². The molecule has 1 aliphatic carbocycles. The van der Waals surface area contributed by atoms with Gasteiger partial charge in [-0.3, -0.25) is 9.97 Å². The van der Waals surface area contributed by atoms with Crippen LogP contribution in [0.2, 0.25) is 0 Å². The van der Waals surface area contributed by atoms with Crippen LogP contribution in [0, 0.1) is 19.8 Å². The van der Waals surface area contributed by atoms with Gasteiger partial charge in [0.05, 0.1) is 23.2 Å². The van der Waals surface area contributed by atoms with Crippen LogP contribution in [-0.4, -0.2) is 21.2 Å². The van der Waals surface area contributed by atoms with Crippen molar-refractivity contribution in [2.45, 2.75) is 39.2 Å². The maximum absolute atomic E-state index is 9.79. The SMILES string of the molecule is Cc1cnc(C)c(CC(O)C2CC2)n1. The van der Waals surface area contributed by atoms with Crippen molar-refractivity contribution in [3.05, 3.63) is 23.3 Å². The summed E-state index contributed by atoms with van der Waals surface area (Å²) in [7, 11) is 0. The Bertz CT molecular complexity index is 334. The standard InChI is InChI=1S/C11H16N2O/c1-7-6-12-8(2)10(13-7)5-11(14)9-3-4-9/h6,9,11,14H,3-5H2,1-2H3. The molecule has 1 N–H and O–H groups in total. The molecule has 76 valence electrons. The quantitative estimate of drug-likeness (QED) is 0.787. The van der Waals surface area contributed by atoms with Gasteiger partial charge < -0.3 is 5.11 Å². The molecule has 1 saturated carbocycles. The fourth-order valence-electron chi connectivity index (χ4n) is 1.63. The molecule has 1 atom stereocenters. The second-order valence-corrected chi connectivity index (χ2v) is 4.15. The largest absolute Gasteiger partial charge is 0.392 e. The van der Waals surface area contributed by atoms with Crippen LogP contribution in [0.25, 0.3) is 0 Å². The maximum Gasteiger partial charge on any atom is 0.0644 e. The Morgan fingerprint density at radius 1 is 1.50 bits per heavy atom. The number of hydrogen-bond acceptors (Lipinski definition) is 3. The van der Waals surface area contributed by atoms with Crippen molar-refractivity contribution in [2.24, 2.45) is 5.92 Å². The number of aryl methyl sites for hydroxylation is 2. The lowest BCUT2D eigenvalue weighted by atomic mass is 10.1. The van der Waals surface area contributed by atoms with Crippen LogP contribution in [0.1, 0.15) is 29.9 Å². The van der Waals surface area contributed by atoms with Gasteiger partial charge in [0.15, 0.2) is 0 Å². The Kier molecular flexibility index (Phi) is 2.50. The lowest BCUT2D eigenvalue weighted by molar-refractivity contribution is 0.150. The summed E-state index contributed by atoms with van der Waals surface area (Å²) in [4.78, 5) is 8.64. The summed E-state index contributed by atoms with van der Waals surface area (Å²) < 4.78 is 0. The molecule has 0 saturated heterocycles. The van der Waals surface area contributed by atoms with Crippen LogP contribution in [0.3, 0.4) is 0 Å². The van der Waals surface area contributed by atoms with Crippen LogP contribution >= 0.6 is 0 Å². The van der Waals surface area contributed by atoms with E-state index in [0.717, 1.165) is 17.1 Å². The van der Waals surface area contributed by atoms with Crippen molar-refractivity contribution >= 4 is 0 Å². The Balaban J connectivity index is 2.10. The van der Waals surface area contributed by atoms with Crippen molar-refractivity contribution in [2.75, 3.05) is 0 Å². The molecule has 2 rings (SSSR count). The molecule has 14 heavy (non-hydrogen) atoms. The molecule has 0 spiro atoms. The van der Waals surface area contributed by atoms with E-state index in [0.29, 0.717) is 12.3 Å². The first-order valence-corrected chi connectivity index (χ1v) is 5.14. The summed E-state index contributed by atoms with van der Waals surface area (Å²) in [6, 6.07) is 0. The van der Waals surface area contributed by atoms with E-state index in [1.165, 1.54) is 12.8 Å². The van der Waals surface area contributed by atoms with Gasteiger partial charge in [-0.15, -0.1) is 0 Å².